The molecule has 2 amide bonds. The van der Waals surface area contributed by atoms with Crippen LogP contribution in [0, 0.1) is 12.7 Å². The van der Waals surface area contributed by atoms with Crippen molar-refractivity contribution in [1.29, 1.82) is 0 Å². The van der Waals surface area contributed by atoms with E-state index in [2.05, 4.69) is 5.32 Å². The Bertz CT molecular complexity index is 1050. The van der Waals surface area contributed by atoms with Gasteiger partial charge in [-0.3, -0.25) is 9.59 Å². The average Bonchev–Trinajstić information content (AvgIpc) is 2.79. The van der Waals surface area contributed by atoms with Crippen LogP contribution in [-0.4, -0.2) is 22.8 Å². The summed E-state index contributed by atoms with van der Waals surface area (Å²) in [6, 6.07) is 20.2. The van der Waals surface area contributed by atoms with Crippen molar-refractivity contribution in [3.8, 4) is 0 Å². The fourth-order valence-corrected chi connectivity index (χ4v) is 3.42. The molecule has 1 N–H and O–H groups in total. The molecule has 0 aromatic heterocycles. The third kappa shape index (κ3) is 6.66. The number of nitrogens with one attached hydrogen (secondary N) is 1. The predicted octanol–water partition coefficient (Wildman–Crippen LogP) is 5.06. The second-order valence-corrected chi connectivity index (χ2v) is 8.27. The van der Waals surface area contributed by atoms with Crippen LogP contribution in [0.5, 0.6) is 0 Å². The summed E-state index contributed by atoms with van der Waals surface area (Å²) in [5, 5.41) is 3.50. The van der Waals surface area contributed by atoms with Crippen LogP contribution in [0.15, 0.2) is 72.8 Å². The van der Waals surface area contributed by atoms with Crippen molar-refractivity contribution in [3.63, 3.8) is 0 Å². The lowest BCUT2D eigenvalue weighted by atomic mass is 10.1. The predicted molar refractivity (Wildman–Crippen MR) is 125 cm³/mol. The van der Waals surface area contributed by atoms with E-state index in [-0.39, 0.29) is 30.6 Å². The van der Waals surface area contributed by atoms with Crippen molar-refractivity contribution >= 4 is 23.4 Å². The summed E-state index contributed by atoms with van der Waals surface area (Å²) in [5.74, 6) is -0.802. The van der Waals surface area contributed by atoms with Gasteiger partial charge in [-0.1, -0.05) is 65.7 Å². The van der Waals surface area contributed by atoms with Crippen molar-refractivity contribution in [3.05, 3.63) is 106 Å². The Morgan fingerprint density at radius 3 is 2.09 bits per heavy atom. The van der Waals surface area contributed by atoms with Crippen LogP contribution >= 0.6 is 11.6 Å². The van der Waals surface area contributed by atoms with E-state index >= 15 is 0 Å². The third-order valence-corrected chi connectivity index (χ3v) is 5.54. The fourth-order valence-electron chi connectivity index (χ4n) is 3.29. The summed E-state index contributed by atoms with van der Waals surface area (Å²) >= 11 is 5.94. The lowest BCUT2D eigenvalue weighted by molar-refractivity contribution is -0.140. The van der Waals surface area contributed by atoms with E-state index in [0.717, 1.165) is 22.3 Å². The molecule has 32 heavy (non-hydrogen) atoms. The molecule has 0 spiro atoms. The van der Waals surface area contributed by atoms with Crippen molar-refractivity contribution in [2.75, 3.05) is 0 Å². The van der Waals surface area contributed by atoms with E-state index in [9.17, 15) is 14.0 Å². The van der Waals surface area contributed by atoms with Gasteiger partial charge in [0.15, 0.2) is 0 Å². The minimum absolute atomic E-state index is 0.133. The molecule has 3 aromatic rings. The number of hydrogen-bond acceptors (Lipinski definition) is 2. The number of carbonyl (C=O) groups is 2. The van der Waals surface area contributed by atoms with E-state index in [1.165, 1.54) is 17.0 Å². The largest absolute Gasteiger partial charge is 0.350 e. The zero-order valence-electron chi connectivity index (χ0n) is 18.1. The molecule has 0 aliphatic heterocycles. The van der Waals surface area contributed by atoms with Gasteiger partial charge >= 0.3 is 0 Å². The van der Waals surface area contributed by atoms with Gasteiger partial charge < -0.3 is 10.2 Å². The monoisotopic (exact) mass is 452 g/mol. The molecule has 6 heteroatoms. The van der Waals surface area contributed by atoms with Crippen LogP contribution < -0.4 is 5.32 Å². The fraction of sp³-hybridized carbons (Fsp3) is 0.231. The summed E-state index contributed by atoms with van der Waals surface area (Å²) in [7, 11) is 0. The number of hydrogen-bond donors (Lipinski definition) is 1. The van der Waals surface area contributed by atoms with Gasteiger partial charge in [0.25, 0.3) is 0 Å². The second kappa shape index (κ2) is 10.9. The smallest absolute Gasteiger partial charge is 0.242 e. The maximum Gasteiger partial charge on any atom is 0.242 e. The van der Waals surface area contributed by atoms with Crippen molar-refractivity contribution in [2.45, 2.75) is 39.4 Å². The first-order chi connectivity index (χ1) is 15.3. The highest BCUT2D eigenvalue weighted by molar-refractivity contribution is 6.30. The number of rotatable bonds is 8. The molecule has 4 nitrogen and oxygen atoms in total. The molecule has 0 radical (unpaired) electrons. The van der Waals surface area contributed by atoms with Crippen LogP contribution in [0.3, 0.4) is 0 Å². The molecule has 0 saturated carbocycles. The normalized spacial score (nSPS) is 11.6. The summed E-state index contributed by atoms with van der Waals surface area (Å²) in [6.07, 6.45) is 0.133. The lowest BCUT2D eigenvalue weighted by Gasteiger charge is -2.29. The molecule has 3 aromatic carbocycles. The topological polar surface area (TPSA) is 49.4 Å². The number of nitrogens with zero attached hydrogens (tertiary/aromatic N) is 1. The SMILES string of the molecule is Cc1ccc(CNC(=O)[C@H](C)N(Cc2ccc(F)cc2)C(=O)Cc2ccc(Cl)cc2)cc1. The van der Waals surface area contributed by atoms with Crippen molar-refractivity contribution in [1.82, 2.24) is 10.2 Å². The minimum atomic E-state index is -0.703. The Kier molecular flexibility index (Phi) is 8.01. The quantitative estimate of drug-likeness (QED) is 0.519. The van der Waals surface area contributed by atoms with Gasteiger partial charge in [-0.2, -0.15) is 0 Å². The maximum absolute atomic E-state index is 13.3. The van der Waals surface area contributed by atoms with Crippen molar-refractivity contribution < 1.29 is 14.0 Å². The Hall–Kier alpha value is -3.18. The first kappa shape index (κ1) is 23.5. The van der Waals surface area contributed by atoms with Crippen LogP contribution in [0.4, 0.5) is 4.39 Å². The van der Waals surface area contributed by atoms with E-state index in [4.69, 9.17) is 11.6 Å². The van der Waals surface area contributed by atoms with Crippen LogP contribution in [0.2, 0.25) is 5.02 Å². The molecule has 1 atom stereocenters. The zero-order chi connectivity index (χ0) is 23.1. The van der Waals surface area contributed by atoms with E-state index < -0.39 is 6.04 Å². The molecule has 0 unspecified atom stereocenters. The van der Waals surface area contributed by atoms with Gasteiger partial charge in [0, 0.05) is 18.1 Å². The summed E-state index contributed by atoms with van der Waals surface area (Å²) in [5.41, 5.74) is 3.67. The molecular formula is C26H26ClFN2O2. The summed E-state index contributed by atoms with van der Waals surface area (Å²) in [6.45, 7) is 4.28. The van der Waals surface area contributed by atoms with E-state index in [1.54, 1.807) is 43.3 Å². The minimum Gasteiger partial charge on any atom is -0.350 e. The average molecular weight is 453 g/mol. The first-order valence-electron chi connectivity index (χ1n) is 10.4. The van der Waals surface area contributed by atoms with Gasteiger partial charge in [-0.15, -0.1) is 0 Å². The highest BCUT2D eigenvalue weighted by atomic mass is 35.5. The van der Waals surface area contributed by atoms with Gasteiger partial charge in [0.1, 0.15) is 11.9 Å². The Balaban J connectivity index is 1.73. The van der Waals surface area contributed by atoms with E-state index in [0.29, 0.717) is 11.6 Å². The number of benzene rings is 3. The molecule has 0 aliphatic carbocycles. The molecule has 0 aliphatic rings. The molecule has 166 valence electrons. The van der Waals surface area contributed by atoms with E-state index in [1.807, 2.05) is 31.2 Å². The highest BCUT2D eigenvalue weighted by Gasteiger charge is 2.26. The second-order valence-electron chi connectivity index (χ2n) is 7.83. The Morgan fingerprint density at radius 2 is 1.47 bits per heavy atom. The third-order valence-electron chi connectivity index (χ3n) is 5.29. The Labute approximate surface area is 193 Å². The summed E-state index contributed by atoms with van der Waals surface area (Å²) in [4.78, 5) is 27.6. The van der Waals surface area contributed by atoms with Crippen LogP contribution in [-0.2, 0) is 29.1 Å². The number of carbonyl (C=O) groups excluding carboxylic acids is 2. The highest BCUT2D eigenvalue weighted by Crippen LogP contribution is 2.15. The van der Waals surface area contributed by atoms with Gasteiger partial charge in [-0.25, -0.2) is 4.39 Å². The zero-order valence-corrected chi connectivity index (χ0v) is 18.9. The first-order valence-corrected chi connectivity index (χ1v) is 10.8. The number of amides is 2. The van der Waals surface area contributed by atoms with Crippen molar-refractivity contribution in [2.24, 2.45) is 0 Å². The van der Waals surface area contributed by atoms with Crippen LogP contribution in [0.1, 0.15) is 29.2 Å². The van der Waals surface area contributed by atoms with Gasteiger partial charge in [0.2, 0.25) is 11.8 Å². The number of halogens is 2. The summed E-state index contributed by atoms with van der Waals surface area (Å²) < 4.78 is 13.3. The molecule has 0 heterocycles. The Morgan fingerprint density at radius 1 is 0.906 bits per heavy atom. The van der Waals surface area contributed by atoms with Gasteiger partial charge in [0.05, 0.1) is 6.42 Å². The molecule has 0 bridgehead atoms. The van der Waals surface area contributed by atoms with Gasteiger partial charge in [-0.05, 0) is 54.8 Å². The molecule has 3 rings (SSSR count). The number of aryl methyl sites for hydroxylation is 1. The van der Waals surface area contributed by atoms with Crippen LogP contribution in [0.25, 0.3) is 0 Å². The molecule has 0 fully saturated rings. The maximum atomic E-state index is 13.3. The standard InChI is InChI=1S/C26H26ClFN2O2/c1-18-3-5-21(6-4-18)16-29-26(32)19(2)30(17-22-9-13-24(28)14-10-22)25(31)15-20-7-11-23(27)12-8-20/h3-14,19H,15-17H2,1-2H3,(H,29,32)/t19-/m0/s1. The molecule has 0 saturated heterocycles. The lowest BCUT2D eigenvalue weighted by Crippen LogP contribution is -2.48. The molecular weight excluding hydrogens is 427 g/mol.